The fourth-order valence-corrected chi connectivity index (χ4v) is 3.60. The molecular formula is C20H20N+. The lowest BCUT2D eigenvalue weighted by Crippen LogP contribution is -3.09. The van der Waals surface area contributed by atoms with Crippen molar-refractivity contribution in [3.63, 3.8) is 0 Å². The Morgan fingerprint density at radius 3 is 2.71 bits per heavy atom. The van der Waals surface area contributed by atoms with E-state index in [4.69, 9.17) is 0 Å². The molecule has 0 saturated heterocycles. The lowest BCUT2D eigenvalue weighted by molar-refractivity contribution is -0.875. The average molecular weight is 274 g/mol. The van der Waals surface area contributed by atoms with Crippen LogP contribution in [-0.2, 0) is 6.42 Å². The van der Waals surface area contributed by atoms with E-state index in [0.717, 1.165) is 0 Å². The van der Waals surface area contributed by atoms with E-state index >= 15 is 0 Å². The highest BCUT2D eigenvalue weighted by atomic mass is 15.1. The van der Waals surface area contributed by atoms with Gasteiger partial charge in [0, 0.05) is 17.6 Å². The van der Waals surface area contributed by atoms with Gasteiger partial charge in [0.2, 0.25) is 0 Å². The zero-order valence-electron chi connectivity index (χ0n) is 12.3. The van der Waals surface area contributed by atoms with Gasteiger partial charge in [0.1, 0.15) is 12.2 Å². The number of quaternary nitrogens is 1. The first-order chi connectivity index (χ1) is 10.3. The minimum absolute atomic E-state index is 0.489. The Morgan fingerprint density at radius 1 is 1.00 bits per heavy atom. The van der Waals surface area contributed by atoms with Gasteiger partial charge >= 0.3 is 0 Å². The number of benzene rings is 2. The molecular weight excluding hydrogens is 254 g/mol. The molecule has 4 rings (SSSR count). The number of nitrogens with one attached hydrogen (secondary N) is 1. The lowest BCUT2D eigenvalue weighted by atomic mass is 9.89. The van der Waals surface area contributed by atoms with Gasteiger partial charge in [0.15, 0.2) is 0 Å². The Kier molecular flexibility index (Phi) is 3.01. The minimum Gasteiger partial charge on any atom is -0.298 e. The average Bonchev–Trinajstić information content (AvgIpc) is 2.54. The predicted molar refractivity (Wildman–Crippen MR) is 87.0 cm³/mol. The molecule has 104 valence electrons. The summed E-state index contributed by atoms with van der Waals surface area (Å²) in [7, 11) is 0. The molecule has 1 N–H and O–H groups in total. The molecule has 0 bridgehead atoms. The zero-order valence-corrected chi connectivity index (χ0v) is 12.3. The summed E-state index contributed by atoms with van der Waals surface area (Å²) in [5, 5.41) is 0. The third-order valence-corrected chi connectivity index (χ3v) is 4.74. The van der Waals surface area contributed by atoms with Gasteiger partial charge in [-0.25, -0.2) is 0 Å². The minimum atomic E-state index is 0.489. The lowest BCUT2D eigenvalue weighted by Gasteiger charge is -2.32. The third kappa shape index (κ3) is 2.14. The smallest absolute Gasteiger partial charge is 0.137 e. The molecule has 2 heterocycles. The molecule has 2 aromatic carbocycles. The van der Waals surface area contributed by atoms with E-state index in [9.17, 15) is 0 Å². The molecule has 0 aromatic heterocycles. The fraction of sp³-hybridized carbons (Fsp3) is 0.200. The molecule has 2 atom stereocenters. The summed E-state index contributed by atoms with van der Waals surface area (Å²) in [6.45, 7) is 3.37. The first kappa shape index (κ1) is 12.6. The summed E-state index contributed by atoms with van der Waals surface area (Å²) in [5.74, 6) is 0. The van der Waals surface area contributed by atoms with Crippen LogP contribution in [0.2, 0.25) is 0 Å². The van der Waals surface area contributed by atoms with E-state index in [1.165, 1.54) is 40.8 Å². The van der Waals surface area contributed by atoms with Crippen molar-refractivity contribution in [3.8, 4) is 0 Å². The van der Waals surface area contributed by atoms with Gasteiger partial charge in [-0.05, 0) is 35.8 Å². The molecule has 0 aliphatic carbocycles. The summed E-state index contributed by atoms with van der Waals surface area (Å²) >= 11 is 0. The number of hydrogen-bond acceptors (Lipinski definition) is 0. The highest BCUT2D eigenvalue weighted by Gasteiger charge is 2.30. The molecule has 2 aromatic rings. The Balaban J connectivity index is 1.72. The van der Waals surface area contributed by atoms with Crippen LogP contribution in [0.15, 0.2) is 66.9 Å². The first-order valence-electron chi connectivity index (χ1n) is 7.72. The van der Waals surface area contributed by atoms with E-state index < -0.39 is 0 Å². The molecule has 0 fully saturated rings. The van der Waals surface area contributed by atoms with Gasteiger partial charge in [0.25, 0.3) is 0 Å². The quantitative estimate of drug-likeness (QED) is 0.815. The number of aryl methyl sites for hydroxylation is 1. The maximum Gasteiger partial charge on any atom is 0.137 e. The summed E-state index contributed by atoms with van der Waals surface area (Å²) in [4.78, 5) is 1.56. The normalized spacial score (nSPS) is 23.2. The molecule has 2 aliphatic heterocycles. The molecule has 0 saturated carbocycles. The van der Waals surface area contributed by atoms with Gasteiger partial charge in [-0.1, -0.05) is 48.5 Å². The molecule has 1 heteroatoms. The van der Waals surface area contributed by atoms with Crippen LogP contribution in [0.4, 0.5) is 0 Å². The predicted octanol–water partition coefficient (Wildman–Crippen LogP) is 3.09. The first-order valence-corrected chi connectivity index (χ1v) is 7.72. The molecule has 21 heavy (non-hydrogen) atoms. The summed E-state index contributed by atoms with van der Waals surface area (Å²) in [6, 6.07) is 18.0. The van der Waals surface area contributed by atoms with Gasteiger partial charge < -0.3 is 0 Å². The second-order valence-corrected chi connectivity index (χ2v) is 6.03. The van der Waals surface area contributed by atoms with Crippen LogP contribution in [0, 0.1) is 6.92 Å². The highest BCUT2D eigenvalue weighted by Crippen LogP contribution is 2.27. The van der Waals surface area contributed by atoms with Crippen LogP contribution < -0.4 is 4.90 Å². The van der Waals surface area contributed by atoms with Crippen molar-refractivity contribution < 1.29 is 4.90 Å². The maximum atomic E-state index is 2.42. The topological polar surface area (TPSA) is 4.44 Å². The van der Waals surface area contributed by atoms with Crippen molar-refractivity contribution in [2.45, 2.75) is 19.4 Å². The van der Waals surface area contributed by atoms with E-state index in [1.54, 1.807) is 4.90 Å². The van der Waals surface area contributed by atoms with Crippen molar-refractivity contribution in [1.29, 1.82) is 0 Å². The van der Waals surface area contributed by atoms with Crippen molar-refractivity contribution >= 4 is 5.57 Å². The largest absolute Gasteiger partial charge is 0.298 e. The molecule has 1 nitrogen and oxygen atoms in total. The molecule has 2 aliphatic rings. The Morgan fingerprint density at radius 2 is 1.81 bits per heavy atom. The summed E-state index contributed by atoms with van der Waals surface area (Å²) < 4.78 is 0. The Hall–Kier alpha value is -2.12. The Bertz CT molecular complexity index is 739. The van der Waals surface area contributed by atoms with Crippen LogP contribution in [0.1, 0.15) is 28.3 Å². The van der Waals surface area contributed by atoms with Crippen molar-refractivity contribution in [1.82, 2.24) is 0 Å². The van der Waals surface area contributed by atoms with Gasteiger partial charge in [0.05, 0.1) is 6.54 Å². The molecule has 2 unspecified atom stereocenters. The third-order valence-electron chi connectivity index (χ3n) is 4.74. The van der Waals surface area contributed by atoms with Crippen LogP contribution >= 0.6 is 0 Å². The second-order valence-electron chi connectivity index (χ2n) is 6.03. The van der Waals surface area contributed by atoms with Crippen molar-refractivity contribution in [3.05, 3.63) is 89.1 Å². The monoisotopic (exact) mass is 274 g/mol. The highest BCUT2D eigenvalue weighted by molar-refractivity contribution is 5.75. The van der Waals surface area contributed by atoms with Crippen LogP contribution in [-0.4, -0.2) is 6.54 Å². The SMILES string of the molecule is Cc1ccccc1C1=C[NH+]2CCc3ccccc3C2C=C1. The summed E-state index contributed by atoms with van der Waals surface area (Å²) in [6.07, 6.45) is 8.28. The number of hydrogen-bond donors (Lipinski definition) is 1. The molecule has 0 spiro atoms. The second kappa shape index (κ2) is 5.01. The van der Waals surface area contributed by atoms with Crippen molar-refractivity contribution in [2.75, 3.05) is 6.54 Å². The fourth-order valence-electron chi connectivity index (χ4n) is 3.60. The van der Waals surface area contributed by atoms with Crippen LogP contribution in [0.5, 0.6) is 0 Å². The van der Waals surface area contributed by atoms with Gasteiger partial charge in [-0.2, -0.15) is 0 Å². The molecule has 0 radical (unpaired) electrons. The van der Waals surface area contributed by atoms with E-state index in [-0.39, 0.29) is 0 Å². The van der Waals surface area contributed by atoms with Crippen molar-refractivity contribution in [2.24, 2.45) is 0 Å². The Labute approximate surface area is 126 Å². The molecule has 0 amide bonds. The standard InChI is InChI=1S/C20H19N/c1-15-6-2-4-8-18(15)17-10-11-20-19-9-5-3-7-16(19)12-13-21(20)14-17/h2-11,14,20H,12-13H2,1H3/p+1. The van der Waals surface area contributed by atoms with Gasteiger partial charge in [-0.3, -0.25) is 4.90 Å². The zero-order chi connectivity index (χ0) is 14.2. The summed E-state index contributed by atoms with van der Waals surface area (Å²) in [5.41, 5.74) is 7.08. The van der Waals surface area contributed by atoms with E-state index in [2.05, 4.69) is 73.8 Å². The van der Waals surface area contributed by atoms with Gasteiger partial charge in [-0.15, -0.1) is 0 Å². The van der Waals surface area contributed by atoms with Crippen LogP contribution in [0.25, 0.3) is 5.57 Å². The van der Waals surface area contributed by atoms with E-state index in [1.807, 2.05) is 0 Å². The number of fused-ring (bicyclic) bond motifs is 3. The maximum absolute atomic E-state index is 2.42. The number of allylic oxidation sites excluding steroid dienone is 2. The number of rotatable bonds is 1. The van der Waals surface area contributed by atoms with E-state index in [0.29, 0.717) is 6.04 Å². The van der Waals surface area contributed by atoms with Crippen LogP contribution in [0.3, 0.4) is 0 Å².